The standard InChI is InChI=1S/C6H11NO.C2H7NO/c8-6-4-2-1-3-5-7-6;3-1-2-4/h1-5H2,(H,7,8);4H,1-3H2. The van der Waals surface area contributed by atoms with E-state index in [2.05, 4.69) is 5.32 Å². The molecule has 4 heteroatoms. The van der Waals surface area contributed by atoms with Gasteiger partial charge in [0.1, 0.15) is 0 Å². The van der Waals surface area contributed by atoms with Gasteiger partial charge in [-0.25, -0.2) is 0 Å². The fourth-order valence-electron chi connectivity index (χ4n) is 0.904. The van der Waals surface area contributed by atoms with Gasteiger partial charge in [-0.1, -0.05) is 6.42 Å². The van der Waals surface area contributed by atoms with E-state index >= 15 is 0 Å². The molecule has 0 aliphatic carbocycles. The third-order valence-corrected chi connectivity index (χ3v) is 1.53. The maximum atomic E-state index is 10.6. The van der Waals surface area contributed by atoms with Gasteiger partial charge in [-0.3, -0.25) is 4.79 Å². The second kappa shape index (κ2) is 8.49. The van der Waals surface area contributed by atoms with Crippen LogP contribution >= 0.6 is 0 Å². The summed E-state index contributed by atoms with van der Waals surface area (Å²) >= 11 is 0. The molecule has 0 unspecified atom stereocenters. The molecule has 1 aliphatic rings. The van der Waals surface area contributed by atoms with Crippen LogP contribution in [0.2, 0.25) is 0 Å². The van der Waals surface area contributed by atoms with Crippen LogP contribution in [0.15, 0.2) is 0 Å². The summed E-state index contributed by atoms with van der Waals surface area (Å²) in [6.07, 6.45) is 4.18. The number of rotatable bonds is 1. The Morgan fingerprint density at radius 1 is 1.42 bits per heavy atom. The molecule has 0 spiro atoms. The van der Waals surface area contributed by atoms with Gasteiger partial charge in [-0.2, -0.15) is 0 Å². The number of hydrogen-bond donors (Lipinski definition) is 3. The summed E-state index contributed by atoms with van der Waals surface area (Å²) in [7, 11) is 0. The summed E-state index contributed by atoms with van der Waals surface area (Å²) in [4.78, 5) is 10.6. The first kappa shape index (κ1) is 11.4. The molecule has 1 fully saturated rings. The Bertz CT molecular complexity index is 106. The van der Waals surface area contributed by atoms with Gasteiger partial charge in [0.05, 0.1) is 6.61 Å². The van der Waals surface area contributed by atoms with Crippen LogP contribution in [0.4, 0.5) is 0 Å². The van der Waals surface area contributed by atoms with Crippen LogP contribution < -0.4 is 11.1 Å². The predicted octanol–water partition coefficient (Wildman–Crippen LogP) is -0.386. The molecule has 4 N–H and O–H groups in total. The Kier molecular flexibility index (Phi) is 8.05. The van der Waals surface area contributed by atoms with Crippen LogP contribution in [0, 0.1) is 0 Å². The van der Waals surface area contributed by atoms with Crippen LogP contribution in [0.3, 0.4) is 0 Å². The molecule has 1 rings (SSSR count). The Morgan fingerprint density at radius 3 is 2.67 bits per heavy atom. The van der Waals surface area contributed by atoms with E-state index in [0.29, 0.717) is 6.54 Å². The van der Waals surface area contributed by atoms with Gasteiger partial charge in [0.2, 0.25) is 5.91 Å². The fraction of sp³-hybridized carbons (Fsp3) is 0.875. The van der Waals surface area contributed by atoms with Crippen molar-refractivity contribution in [1.82, 2.24) is 5.32 Å². The lowest BCUT2D eigenvalue weighted by molar-refractivity contribution is -0.120. The zero-order valence-corrected chi connectivity index (χ0v) is 7.38. The molecule has 1 heterocycles. The molecular formula is C8H18N2O2. The summed E-state index contributed by atoms with van der Waals surface area (Å²) in [6.45, 7) is 1.36. The number of aliphatic hydroxyl groups excluding tert-OH is 1. The molecule has 1 aliphatic heterocycles. The van der Waals surface area contributed by atoms with E-state index in [1.807, 2.05) is 0 Å². The van der Waals surface area contributed by atoms with E-state index in [0.717, 1.165) is 25.8 Å². The van der Waals surface area contributed by atoms with Gasteiger partial charge in [0, 0.05) is 19.5 Å². The smallest absolute Gasteiger partial charge is 0.219 e. The molecule has 0 atom stereocenters. The first-order chi connectivity index (χ1) is 5.81. The molecular weight excluding hydrogens is 156 g/mol. The highest BCUT2D eigenvalue weighted by molar-refractivity contribution is 5.75. The van der Waals surface area contributed by atoms with Crippen molar-refractivity contribution in [3.63, 3.8) is 0 Å². The van der Waals surface area contributed by atoms with Crippen molar-refractivity contribution in [3.05, 3.63) is 0 Å². The van der Waals surface area contributed by atoms with Gasteiger partial charge in [-0.15, -0.1) is 0 Å². The van der Waals surface area contributed by atoms with E-state index < -0.39 is 0 Å². The Labute approximate surface area is 73.1 Å². The van der Waals surface area contributed by atoms with Crippen LogP contribution in [-0.2, 0) is 4.79 Å². The number of nitrogens with two attached hydrogens (primary N) is 1. The molecule has 0 bridgehead atoms. The zero-order chi connectivity index (χ0) is 9.23. The SMILES string of the molecule is NCCO.O=C1CCCCCN1. The van der Waals surface area contributed by atoms with Crippen molar-refractivity contribution in [2.24, 2.45) is 5.73 Å². The average molecular weight is 174 g/mol. The Hall–Kier alpha value is -0.610. The van der Waals surface area contributed by atoms with Crippen molar-refractivity contribution >= 4 is 5.91 Å². The maximum Gasteiger partial charge on any atom is 0.219 e. The van der Waals surface area contributed by atoms with Gasteiger partial charge >= 0.3 is 0 Å². The lowest BCUT2D eigenvalue weighted by Gasteiger charge is -1.93. The Balaban J connectivity index is 0.000000261. The summed E-state index contributed by atoms with van der Waals surface area (Å²) in [5, 5.41) is 10.6. The number of carbonyl (C=O) groups is 1. The zero-order valence-electron chi connectivity index (χ0n) is 7.38. The first-order valence-electron chi connectivity index (χ1n) is 4.39. The monoisotopic (exact) mass is 174 g/mol. The predicted molar refractivity (Wildman–Crippen MR) is 47.6 cm³/mol. The minimum atomic E-state index is 0.0972. The first-order valence-corrected chi connectivity index (χ1v) is 4.39. The Morgan fingerprint density at radius 2 is 2.08 bits per heavy atom. The van der Waals surface area contributed by atoms with Crippen LogP contribution in [-0.4, -0.2) is 30.7 Å². The molecule has 12 heavy (non-hydrogen) atoms. The van der Waals surface area contributed by atoms with E-state index in [1.165, 1.54) is 6.42 Å². The highest BCUT2D eigenvalue weighted by Crippen LogP contribution is 2.02. The maximum absolute atomic E-state index is 10.6. The molecule has 1 amide bonds. The molecule has 0 aromatic heterocycles. The van der Waals surface area contributed by atoms with Crippen molar-refractivity contribution < 1.29 is 9.90 Å². The third-order valence-electron chi connectivity index (χ3n) is 1.53. The van der Waals surface area contributed by atoms with E-state index in [9.17, 15) is 4.79 Å². The van der Waals surface area contributed by atoms with Crippen molar-refractivity contribution in [1.29, 1.82) is 0 Å². The normalized spacial score (nSPS) is 17.0. The summed E-state index contributed by atoms with van der Waals surface area (Å²) in [6, 6.07) is 0. The van der Waals surface area contributed by atoms with Crippen molar-refractivity contribution in [3.8, 4) is 0 Å². The molecule has 0 radical (unpaired) electrons. The molecule has 0 aromatic carbocycles. The number of aliphatic hydroxyl groups is 1. The quantitative estimate of drug-likeness (QED) is 0.507. The van der Waals surface area contributed by atoms with Crippen molar-refractivity contribution in [2.75, 3.05) is 19.7 Å². The fourth-order valence-corrected chi connectivity index (χ4v) is 0.904. The molecule has 0 aromatic rings. The highest BCUT2D eigenvalue weighted by atomic mass is 16.3. The van der Waals surface area contributed by atoms with Crippen LogP contribution in [0.5, 0.6) is 0 Å². The number of carbonyl (C=O) groups excluding carboxylic acids is 1. The highest BCUT2D eigenvalue weighted by Gasteiger charge is 2.03. The molecule has 72 valence electrons. The summed E-state index contributed by atoms with van der Waals surface area (Å²) in [5.74, 6) is 0.225. The largest absolute Gasteiger partial charge is 0.395 e. The lowest BCUT2D eigenvalue weighted by atomic mass is 10.2. The molecule has 4 nitrogen and oxygen atoms in total. The number of amides is 1. The van der Waals surface area contributed by atoms with E-state index in [1.54, 1.807) is 0 Å². The topological polar surface area (TPSA) is 75.3 Å². The third kappa shape index (κ3) is 7.50. The van der Waals surface area contributed by atoms with Gasteiger partial charge < -0.3 is 16.2 Å². The van der Waals surface area contributed by atoms with Crippen LogP contribution in [0.25, 0.3) is 0 Å². The minimum Gasteiger partial charge on any atom is -0.395 e. The van der Waals surface area contributed by atoms with Crippen LogP contribution in [0.1, 0.15) is 25.7 Å². The number of hydrogen-bond acceptors (Lipinski definition) is 3. The summed E-state index contributed by atoms with van der Waals surface area (Å²) < 4.78 is 0. The summed E-state index contributed by atoms with van der Waals surface area (Å²) in [5.41, 5.74) is 4.78. The molecule has 0 saturated carbocycles. The van der Waals surface area contributed by atoms with E-state index in [4.69, 9.17) is 10.8 Å². The number of nitrogens with one attached hydrogen (secondary N) is 1. The van der Waals surface area contributed by atoms with Crippen molar-refractivity contribution in [2.45, 2.75) is 25.7 Å². The second-order valence-electron chi connectivity index (χ2n) is 2.67. The molecule has 1 saturated heterocycles. The average Bonchev–Trinajstić information content (AvgIpc) is 2.33. The second-order valence-corrected chi connectivity index (χ2v) is 2.67. The minimum absolute atomic E-state index is 0.0972. The van der Waals surface area contributed by atoms with E-state index in [-0.39, 0.29) is 12.5 Å². The van der Waals surface area contributed by atoms with Gasteiger partial charge in [-0.05, 0) is 12.8 Å². The van der Waals surface area contributed by atoms with Gasteiger partial charge in [0.25, 0.3) is 0 Å². The van der Waals surface area contributed by atoms with Gasteiger partial charge in [0.15, 0.2) is 0 Å². The lowest BCUT2D eigenvalue weighted by Crippen LogP contribution is -2.21.